The van der Waals surface area contributed by atoms with E-state index in [-0.39, 0.29) is 11.8 Å². The van der Waals surface area contributed by atoms with Crippen LogP contribution in [0, 0.1) is 0 Å². The zero-order chi connectivity index (χ0) is 18.4. The molecular formula is C20H28N4O2. The molecule has 0 saturated carbocycles. The summed E-state index contributed by atoms with van der Waals surface area (Å²) >= 11 is 0. The molecule has 0 aromatic carbocycles. The zero-order valence-corrected chi connectivity index (χ0v) is 15.5. The smallest absolute Gasteiger partial charge is 0.269 e. The van der Waals surface area contributed by atoms with Crippen molar-refractivity contribution in [2.45, 2.75) is 39.0 Å². The maximum atomic E-state index is 12.4. The largest absolute Gasteiger partial charge is 0.368 e. The topological polar surface area (TPSA) is 65.5 Å². The Balaban J connectivity index is 1.52. The van der Waals surface area contributed by atoms with Gasteiger partial charge in [-0.25, -0.2) is 0 Å². The summed E-state index contributed by atoms with van der Waals surface area (Å²) in [6, 6.07) is 3.77. The average Bonchev–Trinajstić information content (AvgIpc) is 2.69. The molecule has 0 spiro atoms. The second-order valence-corrected chi connectivity index (χ2v) is 7.01. The van der Waals surface area contributed by atoms with Gasteiger partial charge < -0.3 is 15.1 Å². The van der Waals surface area contributed by atoms with Gasteiger partial charge in [0.2, 0.25) is 5.91 Å². The van der Waals surface area contributed by atoms with Crippen LogP contribution in [0.3, 0.4) is 0 Å². The Bertz CT molecular complexity index is 678. The molecule has 1 aromatic rings. The van der Waals surface area contributed by atoms with E-state index in [1.54, 1.807) is 13.1 Å². The highest BCUT2D eigenvalue weighted by atomic mass is 16.2. The summed E-state index contributed by atoms with van der Waals surface area (Å²) in [6.45, 7) is 5.25. The molecule has 0 bridgehead atoms. The Kier molecular flexibility index (Phi) is 6.26. The second kappa shape index (κ2) is 8.83. The molecule has 0 radical (unpaired) electrons. The lowest BCUT2D eigenvalue weighted by molar-refractivity contribution is -0.129. The number of nitrogens with zero attached hydrogens (tertiary/aromatic N) is 3. The minimum Gasteiger partial charge on any atom is -0.368 e. The van der Waals surface area contributed by atoms with Crippen molar-refractivity contribution >= 4 is 17.5 Å². The van der Waals surface area contributed by atoms with Gasteiger partial charge in [0.05, 0.1) is 0 Å². The van der Waals surface area contributed by atoms with Crippen LogP contribution in [0.1, 0.15) is 49.5 Å². The molecule has 3 rings (SSSR count). The highest BCUT2D eigenvalue weighted by molar-refractivity contribution is 5.93. The van der Waals surface area contributed by atoms with Gasteiger partial charge in [0.25, 0.3) is 5.91 Å². The lowest BCUT2D eigenvalue weighted by atomic mass is 9.97. The van der Waals surface area contributed by atoms with Crippen molar-refractivity contribution in [1.82, 2.24) is 15.2 Å². The van der Waals surface area contributed by atoms with E-state index in [2.05, 4.69) is 21.3 Å². The average molecular weight is 356 g/mol. The molecule has 0 atom stereocenters. The summed E-state index contributed by atoms with van der Waals surface area (Å²) in [5, 5.41) is 2.98. The first kappa shape index (κ1) is 18.4. The molecule has 1 N–H and O–H groups in total. The van der Waals surface area contributed by atoms with Crippen molar-refractivity contribution in [3.8, 4) is 0 Å². The fourth-order valence-corrected chi connectivity index (χ4v) is 3.58. The van der Waals surface area contributed by atoms with E-state index < -0.39 is 0 Å². The van der Waals surface area contributed by atoms with Crippen LogP contribution in [0.15, 0.2) is 30.0 Å². The lowest BCUT2D eigenvalue weighted by Crippen LogP contribution is -2.48. The normalized spacial score (nSPS) is 17.7. The summed E-state index contributed by atoms with van der Waals surface area (Å²) in [5.41, 5.74) is 2.90. The van der Waals surface area contributed by atoms with E-state index in [0.29, 0.717) is 25.3 Å². The van der Waals surface area contributed by atoms with Crippen LogP contribution >= 0.6 is 0 Å². The number of anilines is 1. The third kappa shape index (κ3) is 4.84. The summed E-state index contributed by atoms with van der Waals surface area (Å²) in [6.07, 6.45) is 9.81. The fraction of sp³-hybridized carbons (Fsp3) is 0.550. The Morgan fingerprint density at radius 1 is 1.19 bits per heavy atom. The number of pyridine rings is 1. The van der Waals surface area contributed by atoms with Gasteiger partial charge in [0, 0.05) is 51.5 Å². The molecule has 1 saturated heterocycles. The van der Waals surface area contributed by atoms with Gasteiger partial charge in [0.15, 0.2) is 0 Å². The van der Waals surface area contributed by atoms with E-state index in [9.17, 15) is 9.59 Å². The summed E-state index contributed by atoms with van der Waals surface area (Å²) in [4.78, 5) is 32.1. The number of hydrogen-bond donors (Lipinski definition) is 1. The predicted octanol–water partition coefficient (Wildman–Crippen LogP) is 2.37. The van der Waals surface area contributed by atoms with E-state index in [0.717, 1.165) is 31.6 Å². The third-order valence-electron chi connectivity index (χ3n) is 5.18. The maximum Gasteiger partial charge on any atom is 0.269 e. The number of piperazine rings is 1. The van der Waals surface area contributed by atoms with E-state index >= 15 is 0 Å². The van der Waals surface area contributed by atoms with Gasteiger partial charge in [-0.1, -0.05) is 11.6 Å². The summed E-state index contributed by atoms with van der Waals surface area (Å²) < 4.78 is 0. The molecule has 1 fully saturated rings. The Morgan fingerprint density at radius 3 is 2.69 bits per heavy atom. The number of nitrogens with one attached hydrogen (secondary N) is 1. The highest BCUT2D eigenvalue weighted by Crippen LogP contribution is 2.20. The minimum atomic E-state index is -0.120. The number of aromatic nitrogens is 1. The molecule has 6 heteroatoms. The quantitative estimate of drug-likeness (QED) is 0.823. The first-order valence-corrected chi connectivity index (χ1v) is 9.56. The van der Waals surface area contributed by atoms with E-state index in [4.69, 9.17) is 0 Å². The van der Waals surface area contributed by atoms with Gasteiger partial charge in [-0.3, -0.25) is 14.6 Å². The number of amides is 2. The van der Waals surface area contributed by atoms with Crippen molar-refractivity contribution in [1.29, 1.82) is 0 Å². The number of carbonyl (C=O) groups is 2. The Hall–Kier alpha value is -2.37. The molecule has 140 valence electrons. The highest BCUT2D eigenvalue weighted by Gasteiger charge is 2.19. The third-order valence-corrected chi connectivity index (χ3v) is 5.18. The number of carbonyl (C=O) groups excluding carboxylic acids is 2. The van der Waals surface area contributed by atoms with Crippen molar-refractivity contribution in [3.05, 3.63) is 35.7 Å². The zero-order valence-electron chi connectivity index (χ0n) is 15.5. The van der Waals surface area contributed by atoms with Crippen molar-refractivity contribution in [2.24, 2.45) is 0 Å². The minimum absolute atomic E-state index is 0.118. The molecular weight excluding hydrogens is 328 g/mol. The molecule has 1 aliphatic carbocycles. The van der Waals surface area contributed by atoms with Crippen LogP contribution in [0.4, 0.5) is 5.69 Å². The molecule has 2 amide bonds. The van der Waals surface area contributed by atoms with E-state index in [1.807, 2.05) is 17.0 Å². The van der Waals surface area contributed by atoms with Crippen molar-refractivity contribution < 1.29 is 9.59 Å². The fourth-order valence-electron chi connectivity index (χ4n) is 3.58. The van der Waals surface area contributed by atoms with Gasteiger partial charge in [0.1, 0.15) is 5.69 Å². The number of rotatable bonds is 5. The number of hydrogen-bond acceptors (Lipinski definition) is 4. The first-order valence-electron chi connectivity index (χ1n) is 9.56. The maximum absolute atomic E-state index is 12.4. The Labute approximate surface area is 155 Å². The second-order valence-electron chi connectivity index (χ2n) is 7.01. The van der Waals surface area contributed by atoms with Crippen LogP contribution in [-0.2, 0) is 4.79 Å². The van der Waals surface area contributed by atoms with Crippen LogP contribution in [0.25, 0.3) is 0 Å². The van der Waals surface area contributed by atoms with Crippen LogP contribution in [-0.4, -0.2) is 54.4 Å². The SMILES string of the molecule is CC(=O)N1CCN(c2ccnc(C(=O)NCCC3=CCCCC3)c2)CC1. The molecule has 2 heterocycles. The lowest BCUT2D eigenvalue weighted by Gasteiger charge is -2.35. The van der Waals surface area contributed by atoms with Crippen LogP contribution < -0.4 is 10.2 Å². The van der Waals surface area contributed by atoms with Crippen LogP contribution in [0.2, 0.25) is 0 Å². The first-order chi connectivity index (χ1) is 12.6. The molecule has 1 aliphatic heterocycles. The predicted molar refractivity (Wildman–Crippen MR) is 102 cm³/mol. The van der Waals surface area contributed by atoms with E-state index in [1.165, 1.54) is 24.8 Å². The molecule has 26 heavy (non-hydrogen) atoms. The summed E-state index contributed by atoms with van der Waals surface area (Å²) in [7, 11) is 0. The molecule has 0 unspecified atom stereocenters. The Morgan fingerprint density at radius 2 is 2.00 bits per heavy atom. The van der Waals surface area contributed by atoms with Crippen molar-refractivity contribution in [2.75, 3.05) is 37.6 Å². The molecule has 6 nitrogen and oxygen atoms in total. The molecule has 2 aliphatic rings. The number of allylic oxidation sites excluding steroid dienone is 1. The van der Waals surface area contributed by atoms with Crippen LogP contribution in [0.5, 0.6) is 0 Å². The monoisotopic (exact) mass is 356 g/mol. The van der Waals surface area contributed by atoms with Gasteiger partial charge in [-0.05, 0) is 44.2 Å². The molecule has 1 aromatic heterocycles. The standard InChI is InChI=1S/C20H28N4O2/c1-16(25)23-11-13-24(14-12-23)18-8-10-21-19(15-18)20(26)22-9-7-17-5-3-2-4-6-17/h5,8,10,15H,2-4,6-7,9,11-14H2,1H3,(H,22,26). The van der Waals surface area contributed by atoms with Gasteiger partial charge >= 0.3 is 0 Å². The summed E-state index contributed by atoms with van der Waals surface area (Å²) in [5.74, 6) is -0.00171. The van der Waals surface area contributed by atoms with Gasteiger partial charge in [-0.2, -0.15) is 0 Å². The van der Waals surface area contributed by atoms with Gasteiger partial charge in [-0.15, -0.1) is 0 Å². The van der Waals surface area contributed by atoms with Crippen molar-refractivity contribution in [3.63, 3.8) is 0 Å².